The Morgan fingerprint density at radius 2 is 1.58 bits per heavy atom. The Bertz CT molecular complexity index is 529. The summed E-state index contributed by atoms with van der Waals surface area (Å²) in [5.41, 5.74) is 0.0319. The first kappa shape index (κ1) is 16.3. The third-order valence-corrected chi connectivity index (χ3v) is 2.12. The van der Waals surface area contributed by atoms with Crippen molar-refractivity contribution in [3.8, 4) is 0 Å². The van der Waals surface area contributed by atoms with Crippen LogP contribution in [-0.4, -0.2) is 36.9 Å². The van der Waals surface area contributed by atoms with Crippen molar-refractivity contribution in [3.63, 3.8) is 0 Å². The van der Waals surface area contributed by atoms with Crippen LogP contribution in [0.25, 0.3) is 0 Å². The fraction of sp³-hybridized carbons (Fsp3) is 0.455. The average molecular weight is 262 g/mol. The van der Waals surface area contributed by atoms with Crippen LogP contribution in [0.1, 0.15) is 19.8 Å². The molecule has 1 unspecified atom stereocenters. The molecule has 0 bridgehead atoms. The van der Waals surface area contributed by atoms with Crippen molar-refractivity contribution < 1.29 is 19.2 Å². The monoisotopic (exact) mass is 262 g/mol. The second kappa shape index (κ2) is 10.4. The lowest BCUT2D eigenvalue weighted by molar-refractivity contribution is 0.549. The maximum Gasteiger partial charge on any atom is 0.240 e. The van der Waals surface area contributed by atoms with Gasteiger partial charge in [-0.3, -0.25) is 0 Å². The van der Waals surface area contributed by atoms with Crippen molar-refractivity contribution >= 4 is 24.3 Å². The van der Waals surface area contributed by atoms with E-state index in [2.05, 4.69) is 20.0 Å². The number of isocyanates is 4. The number of aliphatic imine (C=N–C) groups is 4. The molecule has 0 saturated carbocycles. The van der Waals surface area contributed by atoms with E-state index < -0.39 is 6.04 Å². The number of carbonyl (C=O) groups excluding carboxylic acids is 4. The van der Waals surface area contributed by atoms with Gasteiger partial charge in [0.2, 0.25) is 24.3 Å². The fourth-order valence-corrected chi connectivity index (χ4v) is 1.22. The molecular formula is C11H10N4O4. The predicted molar refractivity (Wildman–Crippen MR) is 63.1 cm³/mol. The summed E-state index contributed by atoms with van der Waals surface area (Å²) in [5.74, 6) is 0. The molecule has 98 valence electrons. The van der Waals surface area contributed by atoms with Gasteiger partial charge in [0.05, 0.1) is 24.0 Å². The zero-order chi connectivity index (χ0) is 14.5. The zero-order valence-electron chi connectivity index (χ0n) is 10.1. The Labute approximate surface area is 108 Å². The number of hydrogen-bond donors (Lipinski definition) is 0. The van der Waals surface area contributed by atoms with Gasteiger partial charge < -0.3 is 0 Å². The van der Waals surface area contributed by atoms with Crippen LogP contribution in [0.3, 0.4) is 0 Å². The molecule has 0 saturated heterocycles. The molecule has 0 radical (unpaired) electrons. The van der Waals surface area contributed by atoms with Crippen molar-refractivity contribution in [3.05, 3.63) is 11.4 Å². The minimum Gasteiger partial charge on any atom is -0.211 e. The second-order valence-electron chi connectivity index (χ2n) is 3.19. The molecule has 0 aliphatic heterocycles. The summed E-state index contributed by atoms with van der Waals surface area (Å²) < 4.78 is 0. The first-order valence-corrected chi connectivity index (χ1v) is 5.21. The van der Waals surface area contributed by atoms with Crippen LogP contribution in [0.5, 0.6) is 0 Å². The molecule has 0 N–H and O–H groups in total. The summed E-state index contributed by atoms with van der Waals surface area (Å²) in [6.07, 6.45) is 5.79. The zero-order valence-corrected chi connectivity index (χ0v) is 10.1. The Morgan fingerprint density at radius 1 is 0.947 bits per heavy atom. The van der Waals surface area contributed by atoms with Gasteiger partial charge in [-0.25, -0.2) is 24.2 Å². The Hall–Kier alpha value is -2.74. The molecule has 0 heterocycles. The number of rotatable bonds is 8. The molecule has 0 aliphatic rings. The summed E-state index contributed by atoms with van der Waals surface area (Å²) >= 11 is 0. The van der Waals surface area contributed by atoms with Gasteiger partial charge in [0.1, 0.15) is 0 Å². The summed E-state index contributed by atoms with van der Waals surface area (Å²) in [6.45, 7) is 1.49. The van der Waals surface area contributed by atoms with Crippen LogP contribution in [0, 0.1) is 0 Å². The van der Waals surface area contributed by atoms with E-state index in [1.54, 1.807) is 6.92 Å². The third-order valence-electron chi connectivity index (χ3n) is 2.12. The number of hydrogen-bond acceptors (Lipinski definition) is 8. The quantitative estimate of drug-likeness (QED) is 0.472. The second-order valence-corrected chi connectivity index (χ2v) is 3.19. The average Bonchev–Trinajstić information content (AvgIpc) is 2.42. The molecule has 8 heteroatoms. The maximum atomic E-state index is 10.3. The van der Waals surface area contributed by atoms with Gasteiger partial charge in [0, 0.05) is 6.42 Å². The van der Waals surface area contributed by atoms with Crippen molar-refractivity contribution in [2.24, 2.45) is 20.0 Å². The minimum atomic E-state index is -0.471. The largest absolute Gasteiger partial charge is 0.240 e. The smallest absolute Gasteiger partial charge is 0.211 e. The van der Waals surface area contributed by atoms with Gasteiger partial charge in [-0.1, -0.05) is 6.92 Å². The molecule has 0 aromatic carbocycles. The van der Waals surface area contributed by atoms with E-state index in [9.17, 15) is 19.2 Å². The molecular weight excluding hydrogens is 252 g/mol. The van der Waals surface area contributed by atoms with Crippen LogP contribution in [0.4, 0.5) is 0 Å². The van der Waals surface area contributed by atoms with Gasteiger partial charge in [-0.2, -0.15) is 15.0 Å². The fourth-order valence-electron chi connectivity index (χ4n) is 1.22. The molecule has 0 spiro atoms. The molecule has 0 aromatic heterocycles. The van der Waals surface area contributed by atoms with Gasteiger partial charge in [-0.05, 0) is 6.42 Å². The van der Waals surface area contributed by atoms with Crippen molar-refractivity contribution in [2.75, 3.05) is 6.54 Å². The van der Waals surface area contributed by atoms with E-state index in [0.717, 1.165) is 0 Å². The molecule has 19 heavy (non-hydrogen) atoms. The molecule has 8 nitrogen and oxygen atoms in total. The van der Waals surface area contributed by atoms with E-state index in [1.807, 2.05) is 0 Å². The highest BCUT2D eigenvalue weighted by atomic mass is 16.1. The number of nitrogens with zero attached hydrogens (tertiary/aromatic N) is 4. The van der Waals surface area contributed by atoms with E-state index in [1.165, 1.54) is 24.3 Å². The first-order chi connectivity index (χ1) is 9.23. The molecule has 0 rings (SSSR count). The molecule has 1 atom stereocenters. The van der Waals surface area contributed by atoms with Crippen molar-refractivity contribution in [2.45, 2.75) is 25.8 Å². The van der Waals surface area contributed by atoms with E-state index in [4.69, 9.17) is 0 Å². The normalized spacial score (nSPS) is 11.6. The lowest BCUT2D eigenvalue weighted by Gasteiger charge is -2.08. The summed E-state index contributed by atoms with van der Waals surface area (Å²) in [5, 5.41) is 0. The Kier molecular flexibility index (Phi) is 8.91. The van der Waals surface area contributed by atoms with Crippen LogP contribution in [0.2, 0.25) is 0 Å². The molecule has 0 aromatic rings. The molecule has 0 amide bonds. The van der Waals surface area contributed by atoms with Gasteiger partial charge in [-0.15, -0.1) is 0 Å². The third kappa shape index (κ3) is 6.54. The van der Waals surface area contributed by atoms with Crippen LogP contribution >= 0.6 is 0 Å². The topological polar surface area (TPSA) is 118 Å². The van der Waals surface area contributed by atoms with E-state index >= 15 is 0 Å². The molecule has 0 aliphatic carbocycles. The summed E-state index contributed by atoms with van der Waals surface area (Å²) in [7, 11) is 0. The van der Waals surface area contributed by atoms with Gasteiger partial charge in [0.15, 0.2) is 0 Å². The van der Waals surface area contributed by atoms with Crippen LogP contribution < -0.4 is 0 Å². The van der Waals surface area contributed by atoms with E-state index in [-0.39, 0.29) is 24.4 Å². The summed E-state index contributed by atoms with van der Waals surface area (Å²) in [4.78, 5) is 54.3. The SMILES string of the molecule is CCC(CC(N=C=O)=C(CN=C=O)N=C=O)N=C=O. The van der Waals surface area contributed by atoms with E-state index in [0.29, 0.717) is 6.42 Å². The highest BCUT2D eigenvalue weighted by Crippen LogP contribution is 2.17. The maximum absolute atomic E-state index is 10.3. The minimum absolute atomic E-state index is 0.0266. The van der Waals surface area contributed by atoms with Crippen LogP contribution in [0.15, 0.2) is 31.4 Å². The standard InChI is InChI=1S/C11H10N4O4/c1-2-9(13-6-17)3-10(14-7-18)11(15-8-19)4-12-5-16/h9H,2-4H2,1H3. The highest BCUT2D eigenvalue weighted by Gasteiger charge is 2.12. The Morgan fingerprint density at radius 3 is 2.05 bits per heavy atom. The van der Waals surface area contributed by atoms with Crippen LogP contribution in [-0.2, 0) is 19.2 Å². The van der Waals surface area contributed by atoms with Gasteiger partial charge in [0.25, 0.3) is 0 Å². The van der Waals surface area contributed by atoms with Crippen molar-refractivity contribution in [1.29, 1.82) is 0 Å². The lowest BCUT2D eigenvalue weighted by atomic mass is 10.1. The highest BCUT2D eigenvalue weighted by molar-refractivity contribution is 5.43. The first-order valence-electron chi connectivity index (χ1n) is 5.21. The van der Waals surface area contributed by atoms with Gasteiger partial charge >= 0.3 is 0 Å². The molecule has 0 fully saturated rings. The predicted octanol–water partition coefficient (Wildman–Crippen LogP) is 0.710. The summed E-state index contributed by atoms with van der Waals surface area (Å²) in [6, 6.07) is -0.471. The Balaban J connectivity index is 5.52. The van der Waals surface area contributed by atoms with Crippen molar-refractivity contribution in [1.82, 2.24) is 0 Å². The lowest BCUT2D eigenvalue weighted by Crippen LogP contribution is -2.05.